The van der Waals surface area contributed by atoms with Crippen LogP contribution in [0.1, 0.15) is 50.3 Å². The number of halogens is 1. The third-order valence-electron chi connectivity index (χ3n) is 4.34. The Balaban J connectivity index is 2.25. The van der Waals surface area contributed by atoms with Gasteiger partial charge in [-0.25, -0.2) is 4.39 Å². The highest BCUT2D eigenvalue weighted by molar-refractivity contribution is 5.26. The van der Waals surface area contributed by atoms with E-state index in [9.17, 15) is 4.39 Å². The smallest absolute Gasteiger partial charge is 0.126 e. The van der Waals surface area contributed by atoms with Crippen LogP contribution < -0.4 is 5.32 Å². The molecule has 0 aromatic heterocycles. The Kier molecular flexibility index (Phi) is 4.39. The first-order valence-corrected chi connectivity index (χ1v) is 7.13. The van der Waals surface area contributed by atoms with E-state index in [1.165, 1.54) is 19.3 Å². The van der Waals surface area contributed by atoms with Crippen molar-refractivity contribution in [2.75, 3.05) is 6.54 Å². The Morgan fingerprint density at radius 2 is 2.17 bits per heavy atom. The summed E-state index contributed by atoms with van der Waals surface area (Å²) in [6, 6.07) is 6.00. The van der Waals surface area contributed by atoms with E-state index in [-0.39, 0.29) is 5.82 Å². The van der Waals surface area contributed by atoms with Crippen molar-refractivity contribution in [2.24, 2.45) is 11.8 Å². The second kappa shape index (κ2) is 5.83. The van der Waals surface area contributed by atoms with E-state index >= 15 is 0 Å². The summed E-state index contributed by atoms with van der Waals surface area (Å²) >= 11 is 0. The van der Waals surface area contributed by atoms with Crippen LogP contribution >= 0.6 is 0 Å². The van der Waals surface area contributed by atoms with Crippen LogP contribution in [-0.4, -0.2) is 6.54 Å². The molecule has 1 aliphatic carbocycles. The van der Waals surface area contributed by atoms with Gasteiger partial charge in [0.25, 0.3) is 0 Å². The minimum atomic E-state index is -0.0824. The van der Waals surface area contributed by atoms with E-state index in [0.717, 1.165) is 23.6 Å². The van der Waals surface area contributed by atoms with Crippen LogP contribution in [0.25, 0.3) is 0 Å². The highest BCUT2D eigenvalue weighted by atomic mass is 19.1. The first-order chi connectivity index (χ1) is 8.63. The monoisotopic (exact) mass is 249 g/mol. The number of hydrogen-bond acceptors (Lipinski definition) is 1. The Labute approximate surface area is 110 Å². The van der Waals surface area contributed by atoms with Gasteiger partial charge in [0.2, 0.25) is 0 Å². The lowest BCUT2D eigenvalue weighted by molar-refractivity contribution is 0.305. The molecule has 1 fully saturated rings. The summed E-state index contributed by atoms with van der Waals surface area (Å²) in [4.78, 5) is 0. The molecule has 0 aliphatic heterocycles. The highest BCUT2D eigenvalue weighted by Crippen LogP contribution is 2.40. The van der Waals surface area contributed by atoms with Gasteiger partial charge >= 0.3 is 0 Å². The molecule has 2 rings (SSSR count). The van der Waals surface area contributed by atoms with Gasteiger partial charge in [-0.3, -0.25) is 0 Å². The molecule has 3 atom stereocenters. The average molecular weight is 249 g/mol. The Morgan fingerprint density at radius 3 is 2.72 bits per heavy atom. The normalized spacial score (nSPS) is 25.3. The van der Waals surface area contributed by atoms with E-state index in [0.29, 0.717) is 12.0 Å². The van der Waals surface area contributed by atoms with Crippen molar-refractivity contribution in [3.05, 3.63) is 35.1 Å². The van der Waals surface area contributed by atoms with Crippen molar-refractivity contribution in [1.82, 2.24) is 5.32 Å². The van der Waals surface area contributed by atoms with E-state index in [1.807, 2.05) is 13.0 Å². The van der Waals surface area contributed by atoms with Gasteiger partial charge in [-0.15, -0.1) is 0 Å². The molecule has 1 saturated carbocycles. The lowest BCUT2D eigenvalue weighted by Gasteiger charge is -2.28. The first kappa shape index (κ1) is 13.5. The Bertz CT molecular complexity index is 402. The maximum absolute atomic E-state index is 13.7. The van der Waals surface area contributed by atoms with Gasteiger partial charge in [0.1, 0.15) is 5.82 Å². The van der Waals surface area contributed by atoms with Gasteiger partial charge in [0, 0.05) is 6.04 Å². The maximum Gasteiger partial charge on any atom is 0.126 e. The van der Waals surface area contributed by atoms with E-state index < -0.39 is 0 Å². The van der Waals surface area contributed by atoms with Crippen LogP contribution in [0.2, 0.25) is 0 Å². The summed E-state index contributed by atoms with van der Waals surface area (Å²) in [6.07, 6.45) is 3.87. The summed E-state index contributed by atoms with van der Waals surface area (Å²) < 4.78 is 13.7. The van der Waals surface area contributed by atoms with E-state index in [2.05, 4.69) is 25.2 Å². The summed E-state index contributed by atoms with van der Waals surface area (Å²) in [6.45, 7) is 7.20. The third-order valence-corrected chi connectivity index (χ3v) is 4.34. The summed E-state index contributed by atoms with van der Waals surface area (Å²) in [7, 11) is 0. The van der Waals surface area contributed by atoms with Gasteiger partial charge in [0.15, 0.2) is 0 Å². The predicted octanol–water partition coefficient (Wildman–Crippen LogP) is 4.22. The predicted molar refractivity (Wildman–Crippen MR) is 74.1 cm³/mol. The van der Waals surface area contributed by atoms with Crippen LogP contribution in [0.15, 0.2) is 18.2 Å². The van der Waals surface area contributed by atoms with Crippen molar-refractivity contribution in [3.8, 4) is 0 Å². The molecule has 18 heavy (non-hydrogen) atoms. The Hall–Kier alpha value is -0.890. The lowest BCUT2D eigenvalue weighted by Crippen LogP contribution is -2.29. The molecule has 3 unspecified atom stereocenters. The SMILES string of the molecule is CCNC(c1ccc(C)c(F)c1)C1CCCC1C. The number of rotatable bonds is 4. The fourth-order valence-corrected chi connectivity index (χ4v) is 3.21. The van der Waals surface area contributed by atoms with Gasteiger partial charge in [-0.05, 0) is 48.9 Å². The molecule has 0 radical (unpaired) electrons. The van der Waals surface area contributed by atoms with Crippen molar-refractivity contribution in [2.45, 2.75) is 46.1 Å². The van der Waals surface area contributed by atoms with Crippen LogP contribution in [0, 0.1) is 24.6 Å². The van der Waals surface area contributed by atoms with Gasteiger partial charge in [0.05, 0.1) is 0 Å². The summed E-state index contributed by atoms with van der Waals surface area (Å²) in [5.74, 6) is 1.30. The summed E-state index contributed by atoms with van der Waals surface area (Å²) in [5, 5.41) is 3.55. The molecule has 0 bridgehead atoms. The zero-order valence-electron chi connectivity index (χ0n) is 11.7. The topological polar surface area (TPSA) is 12.0 Å². The highest BCUT2D eigenvalue weighted by Gasteiger charge is 2.31. The molecule has 100 valence electrons. The molecule has 1 aromatic rings. The van der Waals surface area contributed by atoms with Crippen LogP contribution in [0.4, 0.5) is 4.39 Å². The number of nitrogens with one attached hydrogen (secondary N) is 1. The standard InChI is InChI=1S/C16H24FN/c1-4-18-16(14-7-5-6-11(14)2)13-9-8-12(3)15(17)10-13/h8-11,14,16,18H,4-7H2,1-3H3. The molecule has 0 saturated heterocycles. The van der Waals surface area contributed by atoms with Gasteiger partial charge in [-0.1, -0.05) is 38.8 Å². The third kappa shape index (κ3) is 2.74. The fourth-order valence-electron chi connectivity index (χ4n) is 3.21. The molecule has 0 spiro atoms. The molecule has 1 N–H and O–H groups in total. The van der Waals surface area contributed by atoms with Crippen molar-refractivity contribution >= 4 is 0 Å². The van der Waals surface area contributed by atoms with Crippen molar-refractivity contribution in [1.29, 1.82) is 0 Å². The average Bonchev–Trinajstić information content (AvgIpc) is 2.76. The largest absolute Gasteiger partial charge is 0.310 e. The second-order valence-corrected chi connectivity index (χ2v) is 5.62. The molecular weight excluding hydrogens is 225 g/mol. The Morgan fingerprint density at radius 1 is 1.39 bits per heavy atom. The lowest BCUT2D eigenvalue weighted by atomic mass is 9.85. The van der Waals surface area contributed by atoms with Crippen molar-refractivity contribution < 1.29 is 4.39 Å². The van der Waals surface area contributed by atoms with Crippen LogP contribution in [-0.2, 0) is 0 Å². The summed E-state index contributed by atoms with van der Waals surface area (Å²) in [5.41, 5.74) is 1.84. The molecule has 1 aliphatic rings. The maximum atomic E-state index is 13.7. The molecule has 0 heterocycles. The molecule has 1 aromatic carbocycles. The quantitative estimate of drug-likeness (QED) is 0.842. The first-order valence-electron chi connectivity index (χ1n) is 7.13. The minimum Gasteiger partial charge on any atom is -0.310 e. The number of aryl methyl sites for hydroxylation is 1. The fraction of sp³-hybridized carbons (Fsp3) is 0.625. The number of hydrogen-bond donors (Lipinski definition) is 1. The zero-order valence-corrected chi connectivity index (χ0v) is 11.7. The zero-order chi connectivity index (χ0) is 13.1. The van der Waals surface area contributed by atoms with Crippen LogP contribution in [0.5, 0.6) is 0 Å². The van der Waals surface area contributed by atoms with Crippen LogP contribution in [0.3, 0.4) is 0 Å². The van der Waals surface area contributed by atoms with Crippen molar-refractivity contribution in [3.63, 3.8) is 0 Å². The molecular formula is C16H24FN. The molecule has 0 amide bonds. The molecule has 2 heteroatoms. The van der Waals surface area contributed by atoms with E-state index in [1.54, 1.807) is 6.07 Å². The van der Waals surface area contributed by atoms with Gasteiger partial charge in [-0.2, -0.15) is 0 Å². The van der Waals surface area contributed by atoms with E-state index in [4.69, 9.17) is 0 Å². The minimum absolute atomic E-state index is 0.0824. The second-order valence-electron chi connectivity index (χ2n) is 5.62. The molecule has 1 nitrogen and oxygen atoms in total. The number of benzene rings is 1. The van der Waals surface area contributed by atoms with Gasteiger partial charge < -0.3 is 5.32 Å².